The van der Waals surface area contributed by atoms with Crippen LogP contribution in [0.15, 0.2) is 18.3 Å². The average Bonchev–Trinajstić information content (AvgIpc) is 3.01. The fraction of sp³-hybridized carbons (Fsp3) is 0.600. The zero-order valence-corrected chi connectivity index (χ0v) is 11.7. The van der Waals surface area contributed by atoms with Gasteiger partial charge in [-0.25, -0.2) is 4.98 Å². The second-order valence-corrected chi connectivity index (χ2v) is 5.46. The van der Waals surface area contributed by atoms with Crippen molar-refractivity contribution in [1.82, 2.24) is 9.88 Å². The molecule has 1 saturated heterocycles. The van der Waals surface area contributed by atoms with E-state index in [0.29, 0.717) is 37.9 Å². The normalized spacial score (nSPS) is 20.1. The number of hydrogen-bond acceptors (Lipinski definition) is 4. The van der Waals surface area contributed by atoms with Crippen molar-refractivity contribution in [3.8, 4) is 0 Å². The third kappa shape index (κ3) is 3.10. The van der Waals surface area contributed by atoms with Crippen LogP contribution < -0.4 is 5.32 Å². The van der Waals surface area contributed by atoms with Gasteiger partial charge in [0, 0.05) is 25.3 Å². The van der Waals surface area contributed by atoms with Crippen LogP contribution in [-0.2, 0) is 4.74 Å². The van der Waals surface area contributed by atoms with Crippen LogP contribution in [0.25, 0.3) is 0 Å². The second kappa shape index (κ2) is 6.22. The van der Waals surface area contributed by atoms with E-state index in [4.69, 9.17) is 4.74 Å². The molecule has 0 atom stereocenters. The van der Waals surface area contributed by atoms with E-state index in [1.165, 1.54) is 25.7 Å². The number of amides is 1. The topological polar surface area (TPSA) is 54.5 Å². The van der Waals surface area contributed by atoms with Crippen LogP contribution in [0, 0.1) is 0 Å². The maximum atomic E-state index is 12.3. The first kappa shape index (κ1) is 13.4. The molecule has 108 valence electrons. The van der Waals surface area contributed by atoms with E-state index in [9.17, 15) is 4.79 Å². The number of pyridine rings is 1. The van der Waals surface area contributed by atoms with Gasteiger partial charge < -0.3 is 15.0 Å². The molecule has 1 aromatic heterocycles. The van der Waals surface area contributed by atoms with Gasteiger partial charge in [-0.2, -0.15) is 0 Å². The Bertz CT molecular complexity index is 449. The van der Waals surface area contributed by atoms with Crippen LogP contribution in [0.2, 0.25) is 0 Å². The zero-order chi connectivity index (χ0) is 13.8. The van der Waals surface area contributed by atoms with E-state index in [0.717, 1.165) is 5.82 Å². The lowest BCUT2D eigenvalue weighted by Gasteiger charge is -2.26. The Labute approximate surface area is 119 Å². The highest BCUT2D eigenvalue weighted by Crippen LogP contribution is 2.21. The summed E-state index contributed by atoms with van der Waals surface area (Å²) in [4.78, 5) is 18.5. The Kier molecular flexibility index (Phi) is 4.16. The lowest BCUT2D eigenvalue weighted by Crippen LogP contribution is -2.40. The molecule has 2 fully saturated rings. The molecule has 1 N–H and O–H groups in total. The first-order valence-corrected chi connectivity index (χ1v) is 7.42. The first-order chi connectivity index (χ1) is 9.83. The van der Waals surface area contributed by atoms with E-state index in [-0.39, 0.29) is 5.91 Å². The molecule has 0 aromatic carbocycles. The molecule has 5 heteroatoms. The average molecular weight is 275 g/mol. The Morgan fingerprint density at radius 3 is 2.65 bits per heavy atom. The van der Waals surface area contributed by atoms with Gasteiger partial charge in [0.15, 0.2) is 0 Å². The minimum absolute atomic E-state index is 0.0493. The monoisotopic (exact) mass is 275 g/mol. The molecule has 0 bridgehead atoms. The van der Waals surface area contributed by atoms with Crippen LogP contribution in [0.3, 0.4) is 0 Å². The fourth-order valence-corrected chi connectivity index (χ4v) is 2.83. The quantitative estimate of drug-likeness (QED) is 0.915. The molecule has 1 amide bonds. The Morgan fingerprint density at radius 1 is 1.25 bits per heavy atom. The minimum atomic E-state index is 0.0493. The molecule has 0 spiro atoms. The van der Waals surface area contributed by atoms with Crippen LogP contribution in [0.5, 0.6) is 0 Å². The predicted molar refractivity (Wildman–Crippen MR) is 76.8 cm³/mol. The van der Waals surface area contributed by atoms with Crippen LogP contribution in [0.1, 0.15) is 36.0 Å². The summed E-state index contributed by atoms with van der Waals surface area (Å²) in [5, 5.41) is 3.43. The van der Waals surface area contributed by atoms with Crippen molar-refractivity contribution < 1.29 is 9.53 Å². The van der Waals surface area contributed by atoms with Gasteiger partial charge in [-0.1, -0.05) is 12.8 Å². The van der Waals surface area contributed by atoms with Crippen molar-refractivity contribution in [2.75, 3.05) is 31.6 Å². The summed E-state index contributed by atoms with van der Waals surface area (Å²) in [5.74, 6) is 0.920. The number of ether oxygens (including phenoxy) is 1. The maximum Gasteiger partial charge on any atom is 0.255 e. The van der Waals surface area contributed by atoms with Gasteiger partial charge in [0.25, 0.3) is 5.91 Å². The summed E-state index contributed by atoms with van der Waals surface area (Å²) in [5.41, 5.74) is 0.656. The molecular formula is C15H21N3O2. The molecule has 1 aromatic rings. The number of rotatable bonds is 3. The number of morpholine rings is 1. The predicted octanol–water partition coefficient (Wildman–Crippen LogP) is 1.91. The lowest BCUT2D eigenvalue weighted by molar-refractivity contribution is 0.0302. The molecular weight excluding hydrogens is 254 g/mol. The van der Waals surface area contributed by atoms with E-state index in [1.54, 1.807) is 6.20 Å². The van der Waals surface area contributed by atoms with E-state index >= 15 is 0 Å². The molecule has 1 saturated carbocycles. The van der Waals surface area contributed by atoms with Crippen molar-refractivity contribution in [3.63, 3.8) is 0 Å². The smallest absolute Gasteiger partial charge is 0.255 e. The molecule has 3 rings (SSSR count). The van der Waals surface area contributed by atoms with Gasteiger partial charge in [0.2, 0.25) is 0 Å². The van der Waals surface area contributed by atoms with E-state index in [1.807, 2.05) is 17.0 Å². The van der Waals surface area contributed by atoms with Gasteiger partial charge in [-0.15, -0.1) is 0 Å². The SMILES string of the molecule is O=C(c1ccc(NC2CCCC2)nc1)N1CCOCC1. The van der Waals surface area contributed by atoms with Gasteiger partial charge >= 0.3 is 0 Å². The van der Waals surface area contributed by atoms with Gasteiger partial charge in [-0.3, -0.25) is 4.79 Å². The van der Waals surface area contributed by atoms with Crippen LogP contribution in [0.4, 0.5) is 5.82 Å². The van der Waals surface area contributed by atoms with Crippen molar-refractivity contribution in [1.29, 1.82) is 0 Å². The highest BCUT2D eigenvalue weighted by atomic mass is 16.5. The summed E-state index contributed by atoms with van der Waals surface area (Å²) < 4.78 is 5.26. The third-order valence-corrected chi connectivity index (χ3v) is 4.02. The Balaban J connectivity index is 1.61. The summed E-state index contributed by atoms with van der Waals surface area (Å²) in [6, 6.07) is 4.32. The van der Waals surface area contributed by atoms with Gasteiger partial charge in [0.1, 0.15) is 5.82 Å². The number of nitrogens with zero attached hydrogens (tertiary/aromatic N) is 2. The molecule has 0 unspecified atom stereocenters. The molecule has 2 heterocycles. The van der Waals surface area contributed by atoms with E-state index in [2.05, 4.69) is 10.3 Å². The molecule has 1 aliphatic heterocycles. The summed E-state index contributed by atoms with van der Waals surface area (Å²) in [6.07, 6.45) is 6.71. The van der Waals surface area contributed by atoms with Crippen molar-refractivity contribution in [2.45, 2.75) is 31.7 Å². The third-order valence-electron chi connectivity index (χ3n) is 4.02. The molecule has 2 aliphatic rings. The van der Waals surface area contributed by atoms with Gasteiger partial charge in [0.05, 0.1) is 18.8 Å². The van der Waals surface area contributed by atoms with Crippen LogP contribution >= 0.6 is 0 Å². The highest BCUT2D eigenvalue weighted by molar-refractivity contribution is 5.94. The first-order valence-electron chi connectivity index (χ1n) is 7.42. The number of nitrogens with one attached hydrogen (secondary N) is 1. The molecule has 20 heavy (non-hydrogen) atoms. The molecule has 1 aliphatic carbocycles. The number of aromatic nitrogens is 1. The summed E-state index contributed by atoms with van der Waals surface area (Å²) in [6.45, 7) is 2.59. The molecule has 5 nitrogen and oxygen atoms in total. The van der Waals surface area contributed by atoms with E-state index < -0.39 is 0 Å². The van der Waals surface area contributed by atoms with Crippen molar-refractivity contribution in [3.05, 3.63) is 23.9 Å². The number of hydrogen-bond donors (Lipinski definition) is 1. The number of carbonyl (C=O) groups excluding carboxylic acids is 1. The standard InChI is InChI=1S/C15H21N3O2/c19-15(18-7-9-20-10-8-18)12-5-6-14(16-11-12)17-13-3-1-2-4-13/h5-6,11,13H,1-4,7-10H2,(H,16,17). The van der Waals surface area contributed by atoms with Crippen LogP contribution in [-0.4, -0.2) is 48.1 Å². The largest absolute Gasteiger partial charge is 0.378 e. The summed E-state index contributed by atoms with van der Waals surface area (Å²) >= 11 is 0. The maximum absolute atomic E-state index is 12.3. The molecule has 0 radical (unpaired) electrons. The zero-order valence-electron chi connectivity index (χ0n) is 11.7. The second-order valence-electron chi connectivity index (χ2n) is 5.46. The number of carbonyl (C=O) groups is 1. The summed E-state index contributed by atoms with van der Waals surface area (Å²) in [7, 11) is 0. The lowest BCUT2D eigenvalue weighted by atomic mass is 10.2. The highest BCUT2D eigenvalue weighted by Gasteiger charge is 2.19. The fourth-order valence-electron chi connectivity index (χ4n) is 2.83. The Morgan fingerprint density at radius 2 is 2.00 bits per heavy atom. The van der Waals surface area contributed by atoms with Crippen molar-refractivity contribution in [2.24, 2.45) is 0 Å². The van der Waals surface area contributed by atoms with Crippen molar-refractivity contribution >= 4 is 11.7 Å². The minimum Gasteiger partial charge on any atom is -0.378 e. The number of anilines is 1. The Hall–Kier alpha value is -1.62. The van der Waals surface area contributed by atoms with Gasteiger partial charge in [-0.05, 0) is 25.0 Å².